The van der Waals surface area contributed by atoms with Crippen molar-refractivity contribution in [2.75, 3.05) is 26.2 Å². The zero-order valence-electron chi connectivity index (χ0n) is 11.6. The predicted octanol–water partition coefficient (Wildman–Crippen LogP) is 2.69. The van der Waals surface area contributed by atoms with E-state index in [1.165, 1.54) is 4.90 Å². The molecule has 1 N–H and O–H groups in total. The first-order valence-electron chi connectivity index (χ1n) is 6.88. The summed E-state index contributed by atoms with van der Waals surface area (Å²) in [6.07, 6.45) is -0.364. The fourth-order valence-electron chi connectivity index (χ4n) is 2.82. The van der Waals surface area contributed by atoms with Crippen molar-refractivity contribution in [2.45, 2.75) is 12.5 Å². The Labute approximate surface area is 140 Å². The van der Waals surface area contributed by atoms with Crippen LogP contribution in [0.1, 0.15) is 16.8 Å². The van der Waals surface area contributed by atoms with Gasteiger partial charge < -0.3 is 19.6 Å². The third kappa shape index (κ3) is 2.75. The highest BCUT2D eigenvalue weighted by atomic mass is 79.9. The third-order valence-corrected chi connectivity index (χ3v) is 5.17. The minimum atomic E-state index is -0.956. The third-order valence-electron chi connectivity index (χ3n) is 3.98. The molecule has 0 saturated carbocycles. The van der Waals surface area contributed by atoms with Gasteiger partial charge in [0.1, 0.15) is 5.75 Å². The van der Waals surface area contributed by atoms with Crippen LogP contribution >= 0.6 is 27.5 Å². The second-order valence-electron chi connectivity index (χ2n) is 5.28. The zero-order valence-corrected chi connectivity index (χ0v) is 13.9. The predicted molar refractivity (Wildman–Crippen MR) is 83.7 cm³/mol. The van der Waals surface area contributed by atoms with Crippen molar-refractivity contribution in [1.29, 1.82) is 0 Å². The molecule has 3 rings (SSSR count). The Bertz CT molecular complexity index is 640. The summed E-state index contributed by atoms with van der Waals surface area (Å²) >= 11 is 9.41. The Morgan fingerprint density at radius 3 is 2.91 bits per heavy atom. The van der Waals surface area contributed by atoms with Crippen molar-refractivity contribution in [1.82, 2.24) is 9.80 Å². The van der Waals surface area contributed by atoms with Gasteiger partial charge in [0, 0.05) is 30.5 Å². The lowest BCUT2D eigenvalue weighted by molar-refractivity contribution is 0.0374. The van der Waals surface area contributed by atoms with Crippen molar-refractivity contribution in [3.05, 3.63) is 27.2 Å². The normalized spacial score (nSPS) is 21.4. The Morgan fingerprint density at radius 1 is 1.41 bits per heavy atom. The highest BCUT2D eigenvalue weighted by molar-refractivity contribution is 9.10. The Balaban J connectivity index is 1.92. The van der Waals surface area contributed by atoms with Gasteiger partial charge in [-0.25, -0.2) is 4.79 Å². The standard InChI is InChI=1S/C14H14BrClN2O4/c15-10-6-12-9(5-11(10)16)13(19)18-3-2-17(14(20)21)7-8(18)1-4-22-12/h5-6,8H,1-4,7H2,(H,20,21)/t8-/m1/s1. The molecule has 0 bridgehead atoms. The zero-order chi connectivity index (χ0) is 15.9. The molecule has 0 aliphatic carbocycles. The van der Waals surface area contributed by atoms with Crippen LogP contribution in [0.2, 0.25) is 5.02 Å². The van der Waals surface area contributed by atoms with Gasteiger partial charge in [0.2, 0.25) is 0 Å². The quantitative estimate of drug-likeness (QED) is 0.741. The molecule has 0 radical (unpaired) electrons. The van der Waals surface area contributed by atoms with Gasteiger partial charge in [0.15, 0.2) is 0 Å². The molecule has 0 spiro atoms. The molecule has 2 heterocycles. The molecule has 6 nitrogen and oxygen atoms in total. The molecular formula is C14H14BrClN2O4. The van der Waals surface area contributed by atoms with Gasteiger partial charge in [0.05, 0.1) is 23.2 Å². The van der Waals surface area contributed by atoms with Crippen molar-refractivity contribution in [2.24, 2.45) is 0 Å². The van der Waals surface area contributed by atoms with Crippen LogP contribution in [0.5, 0.6) is 5.75 Å². The van der Waals surface area contributed by atoms with E-state index in [1.807, 2.05) is 0 Å². The average molecular weight is 390 g/mol. The van der Waals surface area contributed by atoms with Crippen LogP contribution in [-0.2, 0) is 0 Å². The van der Waals surface area contributed by atoms with Crippen LogP contribution in [0.25, 0.3) is 0 Å². The largest absolute Gasteiger partial charge is 0.493 e. The molecule has 0 aromatic heterocycles. The number of ether oxygens (including phenoxy) is 1. The summed E-state index contributed by atoms with van der Waals surface area (Å²) in [6, 6.07) is 3.12. The van der Waals surface area contributed by atoms with E-state index in [0.717, 1.165) is 0 Å². The van der Waals surface area contributed by atoms with Gasteiger partial charge in [0.25, 0.3) is 5.91 Å². The maximum atomic E-state index is 12.8. The van der Waals surface area contributed by atoms with Gasteiger partial charge in [-0.3, -0.25) is 4.79 Å². The molecule has 1 fully saturated rings. The van der Waals surface area contributed by atoms with E-state index in [4.69, 9.17) is 21.4 Å². The molecule has 118 valence electrons. The fraction of sp³-hybridized carbons (Fsp3) is 0.429. The highest BCUT2D eigenvalue weighted by Gasteiger charge is 2.35. The SMILES string of the molecule is O=C(O)N1CCN2C(=O)c3cc(Cl)c(Br)cc3OCC[C@@H]2C1. The van der Waals surface area contributed by atoms with E-state index < -0.39 is 6.09 Å². The van der Waals surface area contributed by atoms with Crippen LogP contribution in [-0.4, -0.2) is 59.2 Å². The molecular weight excluding hydrogens is 376 g/mol. The number of halogens is 2. The topological polar surface area (TPSA) is 70.1 Å². The molecule has 1 saturated heterocycles. The van der Waals surface area contributed by atoms with Crippen molar-refractivity contribution in [3.63, 3.8) is 0 Å². The molecule has 1 atom stereocenters. The van der Waals surface area contributed by atoms with Gasteiger partial charge >= 0.3 is 6.09 Å². The summed E-state index contributed by atoms with van der Waals surface area (Å²) in [5.41, 5.74) is 0.418. The minimum absolute atomic E-state index is 0.167. The monoisotopic (exact) mass is 388 g/mol. The Kier molecular flexibility index (Phi) is 4.18. The summed E-state index contributed by atoms with van der Waals surface area (Å²) < 4.78 is 6.35. The smallest absolute Gasteiger partial charge is 0.407 e. The number of benzene rings is 1. The number of carbonyl (C=O) groups is 2. The van der Waals surface area contributed by atoms with Crippen LogP contribution in [0, 0.1) is 0 Å². The number of carbonyl (C=O) groups excluding carboxylic acids is 1. The number of nitrogens with zero attached hydrogens (tertiary/aromatic N) is 2. The van der Waals surface area contributed by atoms with Gasteiger partial charge in [-0.05, 0) is 28.1 Å². The van der Waals surface area contributed by atoms with E-state index in [9.17, 15) is 9.59 Å². The fourth-order valence-corrected chi connectivity index (χ4v) is 3.30. The summed E-state index contributed by atoms with van der Waals surface area (Å²) in [5.74, 6) is 0.333. The first-order chi connectivity index (χ1) is 10.5. The molecule has 2 amide bonds. The summed E-state index contributed by atoms with van der Waals surface area (Å²) in [5, 5.41) is 9.56. The van der Waals surface area contributed by atoms with Gasteiger partial charge in [-0.15, -0.1) is 0 Å². The molecule has 2 aliphatic heterocycles. The second-order valence-corrected chi connectivity index (χ2v) is 6.54. The molecule has 8 heteroatoms. The van der Waals surface area contributed by atoms with Crippen LogP contribution in [0.15, 0.2) is 16.6 Å². The summed E-state index contributed by atoms with van der Waals surface area (Å²) in [6.45, 7) is 1.42. The number of piperazine rings is 1. The number of carboxylic acid groups (broad SMARTS) is 1. The number of rotatable bonds is 0. The lowest BCUT2D eigenvalue weighted by atomic mass is 10.0. The van der Waals surface area contributed by atoms with E-state index in [0.29, 0.717) is 53.5 Å². The summed E-state index contributed by atoms with van der Waals surface area (Å²) in [4.78, 5) is 26.9. The van der Waals surface area contributed by atoms with E-state index in [1.54, 1.807) is 17.0 Å². The number of amides is 2. The molecule has 22 heavy (non-hydrogen) atoms. The van der Waals surface area contributed by atoms with E-state index in [-0.39, 0.29) is 11.9 Å². The first-order valence-corrected chi connectivity index (χ1v) is 8.05. The lowest BCUT2D eigenvalue weighted by Crippen LogP contribution is -2.57. The lowest BCUT2D eigenvalue weighted by Gasteiger charge is -2.41. The molecule has 0 unspecified atom stereocenters. The number of fused-ring (bicyclic) bond motifs is 2. The van der Waals surface area contributed by atoms with Crippen LogP contribution in [0.3, 0.4) is 0 Å². The van der Waals surface area contributed by atoms with Crippen LogP contribution < -0.4 is 4.74 Å². The molecule has 2 aliphatic rings. The Hall–Kier alpha value is -1.47. The molecule has 1 aromatic carbocycles. The van der Waals surface area contributed by atoms with Gasteiger partial charge in [-0.1, -0.05) is 11.6 Å². The highest BCUT2D eigenvalue weighted by Crippen LogP contribution is 2.34. The number of hydrogen-bond acceptors (Lipinski definition) is 3. The van der Waals surface area contributed by atoms with Crippen LogP contribution in [0.4, 0.5) is 4.79 Å². The Morgan fingerprint density at radius 2 is 2.18 bits per heavy atom. The van der Waals surface area contributed by atoms with Crippen molar-refractivity contribution >= 4 is 39.5 Å². The van der Waals surface area contributed by atoms with Crippen molar-refractivity contribution in [3.8, 4) is 5.75 Å². The average Bonchev–Trinajstić information content (AvgIpc) is 2.48. The maximum absolute atomic E-state index is 12.8. The molecule has 1 aromatic rings. The first kappa shape index (κ1) is 15.4. The van der Waals surface area contributed by atoms with Crippen molar-refractivity contribution < 1.29 is 19.4 Å². The van der Waals surface area contributed by atoms with Gasteiger partial charge in [-0.2, -0.15) is 0 Å². The maximum Gasteiger partial charge on any atom is 0.407 e. The van der Waals surface area contributed by atoms with E-state index in [2.05, 4.69) is 15.9 Å². The summed E-state index contributed by atoms with van der Waals surface area (Å²) in [7, 11) is 0. The minimum Gasteiger partial charge on any atom is -0.493 e. The van der Waals surface area contributed by atoms with E-state index >= 15 is 0 Å². The second kappa shape index (κ2) is 5.96. The number of hydrogen-bond donors (Lipinski definition) is 1.